The molecule has 0 amide bonds. The van der Waals surface area contributed by atoms with Crippen LogP contribution in [-0.4, -0.2) is 43.4 Å². The number of aromatic nitrogens is 5. The molecule has 0 radical (unpaired) electrons. The number of benzene rings is 1. The number of fused-ring (bicyclic) bond motifs is 1. The quantitative estimate of drug-likeness (QED) is 0.443. The summed E-state index contributed by atoms with van der Waals surface area (Å²) in [5.74, 6) is 1.06. The van der Waals surface area contributed by atoms with E-state index in [0.717, 1.165) is 28.7 Å². The van der Waals surface area contributed by atoms with Gasteiger partial charge in [-0.05, 0) is 42.1 Å². The maximum atomic E-state index is 14.1. The van der Waals surface area contributed by atoms with Crippen LogP contribution in [0.3, 0.4) is 0 Å². The molecule has 0 unspecified atom stereocenters. The van der Waals surface area contributed by atoms with Crippen molar-refractivity contribution in [3.63, 3.8) is 0 Å². The molecule has 1 aromatic carbocycles. The number of aromatic amines is 1. The molecule has 1 saturated heterocycles. The molecule has 1 fully saturated rings. The lowest BCUT2D eigenvalue weighted by Crippen LogP contribution is -2.35. The molecule has 3 atom stereocenters. The first-order valence-electron chi connectivity index (χ1n) is 11.5. The largest absolute Gasteiger partial charge is 0.410 e. The van der Waals surface area contributed by atoms with E-state index in [1.807, 2.05) is 24.3 Å². The molecule has 0 saturated carbocycles. The summed E-state index contributed by atoms with van der Waals surface area (Å²) in [5, 5.41) is 14.6. The highest BCUT2D eigenvalue weighted by Crippen LogP contribution is 2.44. The highest BCUT2D eigenvalue weighted by atomic mass is 32.1. The van der Waals surface area contributed by atoms with Gasteiger partial charge in [0.2, 0.25) is 0 Å². The summed E-state index contributed by atoms with van der Waals surface area (Å²) >= 11 is 5.37. The number of halogens is 3. The van der Waals surface area contributed by atoms with Crippen LogP contribution in [0.4, 0.5) is 19.0 Å². The van der Waals surface area contributed by atoms with E-state index in [1.165, 1.54) is 0 Å². The van der Waals surface area contributed by atoms with Crippen LogP contribution in [0.25, 0.3) is 11.5 Å². The molecule has 182 valence electrons. The normalized spacial score (nSPS) is 22.7. The van der Waals surface area contributed by atoms with E-state index in [9.17, 15) is 13.2 Å². The molecule has 2 aliphatic heterocycles. The van der Waals surface area contributed by atoms with Gasteiger partial charge in [0.15, 0.2) is 16.6 Å². The predicted octanol–water partition coefficient (Wildman–Crippen LogP) is 5.77. The van der Waals surface area contributed by atoms with E-state index in [0.29, 0.717) is 41.2 Å². The summed E-state index contributed by atoms with van der Waals surface area (Å²) in [6.07, 6.45) is -2.72. The maximum Gasteiger partial charge on any atom is 0.410 e. The van der Waals surface area contributed by atoms with Crippen LogP contribution in [0.2, 0.25) is 0 Å². The first-order valence-corrected chi connectivity index (χ1v) is 11.9. The standard InChI is InChI=1S/C23H27F3N6OS/c1-13(2)14-5-7-15(8-6-14)17-10-19(23(24,25)26)32-20(27-17)11-18(30-32)21-28-29-22(34)31(21)12-16-4-3-9-33-16/h5-8,11,13,16-17,19,27H,3-4,9-10,12H2,1-2H3,(H,29,34)/t16-,17-,19-/m0/s1. The molecule has 7 nitrogen and oxygen atoms in total. The van der Waals surface area contributed by atoms with Gasteiger partial charge in [0.05, 0.1) is 18.7 Å². The Morgan fingerprint density at radius 3 is 2.65 bits per heavy atom. The molecule has 11 heteroatoms. The number of rotatable bonds is 5. The molecule has 34 heavy (non-hydrogen) atoms. The zero-order valence-electron chi connectivity index (χ0n) is 19.0. The Morgan fingerprint density at radius 1 is 1.24 bits per heavy atom. The van der Waals surface area contributed by atoms with E-state index < -0.39 is 18.3 Å². The molecule has 4 heterocycles. The zero-order chi connectivity index (χ0) is 24.0. The van der Waals surface area contributed by atoms with Crippen molar-refractivity contribution in [2.75, 3.05) is 11.9 Å². The monoisotopic (exact) mass is 492 g/mol. The van der Waals surface area contributed by atoms with Crippen LogP contribution in [0.5, 0.6) is 0 Å². The second-order valence-electron chi connectivity index (χ2n) is 9.27. The SMILES string of the molecule is CC(C)c1ccc([C@@H]2C[C@@H](C(F)(F)F)n3nc(-c4n[nH]c(=S)n4C[C@@H]4CCCO4)cc3N2)cc1. The number of hydrogen-bond acceptors (Lipinski definition) is 5. The van der Waals surface area contributed by atoms with Gasteiger partial charge in [-0.1, -0.05) is 38.1 Å². The second-order valence-corrected chi connectivity index (χ2v) is 9.66. The topological polar surface area (TPSA) is 72.7 Å². The van der Waals surface area contributed by atoms with Crippen molar-refractivity contribution in [2.24, 2.45) is 0 Å². The van der Waals surface area contributed by atoms with E-state index in [4.69, 9.17) is 17.0 Å². The summed E-state index contributed by atoms with van der Waals surface area (Å²) in [5.41, 5.74) is 2.29. The van der Waals surface area contributed by atoms with Crippen LogP contribution < -0.4 is 5.32 Å². The lowest BCUT2D eigenvalue weighted by atomic mass is 9.94. The van der Waals surface area contributed by atoms with E-state index in [1.54, 1.807) is 10.6 Å². The van der Waals surface area contributed by atoms with Gasteiger partial charge in [0.25, 0.3) is 0 Å². The van der Waals surface area contributed by atoms with E-state index in [-0.39, 0.29) is 12.5 Å². The smallest absolute Gasteiger partial charge is 0.376 e. The minimum absolute atomic E-state index is 0.000436. The van der Waals surface area contributed by atoms with Crippen LogP contribution in [0, 0.1) is 4.77 Å². The first kappa shape index (κ1) is 23.1. The Balaban J connectivity index is 1.49. The first-order chi connectivity index (χ1) is 16.2. The molecule has 0 bridgehead atoms. The van der Waals surface area contributed by atoms with E-state index >= 15 is 0 Å². The number of H-pyrrole nitrogens is 1. The molecule has 0 spiro atoms. The Bertz CT molecular complexity index is 1210. The van der Waals surface area contributed by atoms with Crippen molar-refractivity contribution in [3.8, 4) is 11.5 Å². The molecule has 5 rings (SSSR count). The fourth-order valence-electron chi connectivity index (χ4n) is 4.69. The van der Waals surface area contributed by atoms with Crippen molar-refractivity contribution in [2.45, 2.75) is 69.9 Å². The molecular formula is C23H27F3N6OS. The fraction of sp³-hybridized carbons (Fsp3) is 0.522. The number of nitrogens with one attached hydrogen (secondary N) is 2. The minimum Gasteiger partial charge on any atom is -0.376 e. The average Bonchev–Trinajstić information content (AvgIpc) is 3.53. The Labute approximate surface area is 200 Å². The van der Waals surface area contributed by atoms with Gasteiger partial charge in [0.1, 0.15) is 11.5 Å². The van der Waals surface area contributed by atoms with Crippen LogP contribution >= 0.6 is 12.2 Å². The van der Waals surface area contributed by atoms with Crippen molar-refractivity contribution in [3.05, 3.63) is 46.2 Å². The molecular weight excluding hydrogens is 465 g/mol. The summed E-state index contributed by atoms with van der Waals surface area (Å²) in [6, 6.07) is 7.14. The molecule has 3 aromatic rings. The highest BCUT2D eigenvalue weighted by molar-refractivity contribution is 7.71. The second kappa shape index (κ2) is 8.84. The third-order valence-corrected chi connectivity index (χ3v) is 6.90. The number of alkyl halides is 3. The van der Waals surface area contributed by atoms with Crippen LogP contribution in [0.1, 0.15) is 62.2 Å². The minimum atomic E-state index is -4.45. The van der Waals surface area contributed by atoms with Crippen LogP contribution in [-0.2, 0) is 11.3 Å². The summed E-state index contributed by atoms with van der Waals surface area (Å²) in [6.45, 7) is 5.35. The van der Waals surface area contributed by atoms with Crippen molar-refractivity contribution in [1.82, 2.24) is 24.5 Å². The predicted molar refractivity (Wildman–Crippen MR) is 124 cm³/mol. The van der Waals surface area contributed by atoms with Gasteiger partial charge < -0.3 is 10.1 Å². The molecule has 2 N–H and O–H groups in total. The van der Waals surface area contributed by atoms with Crippen LogP contribution in [0.15, 0.2) is 30.3 Å². The van der Waals surface area contributed by atoms with Gasteiger partial charge in [-0.2, -0.15) is 23.4 Å². The third kappa shape index (κ3) is 4.38. The van der Waals surface area contributed by atoms with Crippen molar-refractivity contribution in [1.29, 1.82) is 0 Å². The lowest BCUT2D eigenvalue weighted by Gasteiger charge is -2.33. The average molecular weight is 493 g/mol. The lowest BCUT2D eigenvalue weighted by molar-refractivity contribution is -0.173. The number of anilines is 1. The highest BCUT2D eigenvalue weighted by Gasteiger charge is 2.46. The van der Waals surface area contributed by atoms with Gasteiger partial charge in [-0.25, -0.2) is 4.68 Å². The zero-order valence-corrected chi connectivity index (χ0v) is 19.8. The van der Waals surface area contributed by atoms with Gasteiger partial charge >= 0.3 is 6.18 Å². The maximum absolute atomic E-state index is 14.1. The Hall–Kier alpha value is -2.66. The van der Waals surface area contributed by atoms with Gasteiger partial charge in [-0.3, -0.25) is 9.67 Å². The molecule has 2 aliphatic rings. The van der Waals surface area contributed by atoms with Crippen molar-refractivity contribution >= 4 is 18.0 Å². The number of hydrogen-bond donors (Lipinski definition) is 2. The Morgan fingerprint density at radius 2 is 2.00 bits per heavy atom. The van der Waals surface area contributed by atoms with E-state index in [2.05, 4.69) is 34.5 Å². The number of ether oxygens (including phenoxy) is 1. The van der Waals surface area contributed by atoms with Gasteiger partial charge in [0, 0.05) is 19.1 Å². The van der Waals surface area contributed by atoms with Crippen molar-refractivity contribution < 1.29 is 17.9 Å². The van der Waals surface area contributed by atoms with Gasteiger partial charge in [-0.15, -0.1) is 0 Å². The molecule has 0 aliphatic carbocycles. The summed E-state index contributed by atoms with van der Waals surface area (Å²) in [7, 11) is 0. The number of nitrogens with zero attached hydrogens (tertiary/aromatic N) is 4. The Kier molecular flexibility index (Phi) is 6.01. The molecule has 2 aromatic heterocycles. The third-order valence-electron chi connectivity index (χ3n) is 6.59. The summed E-state index contributed by atoms with van der Waals surface area (Å²) < 4.78 is 51.2. The fourth-order valence-corrected chi connectivity index (χ4v) is 4.90. The summed E-state index contributed by atoms with van der Waals surface area (Å²) in [4.78, 5) is 0.